The Morgan fingerprint density at radius 1 is 1.27 bits per heavy atom. The van der Waals surface area contributed by atoms with Gasteiger partial charge in [-0.1, -0.05) is 12.1 Å². The van der Waals surface area contributed by atoms with Crippen molar-refractivity contribution in [3.63, 3.8) is 0 Å². The number of methoxy groups -OCH3 is 1. The van der Waals surface area contributed by atoms with Crippen molar-refractivity contribution in [2.24, 2.45) is 5.73 Å². The molecule has 0 saturated carbocycles. The lowest BCUT2D eigenvalue weighted by atomic mass is 10.1. The van der Waals surface area contributed by atoms with Crippen LogP contribution < -0.4 is 10.5 Å². The Bertz CT molecular complexity index is 910. The second-order valence-corrected chi connectivity index (χ2v) is 7.25. The van der Waals surface area contributed by atoms with Crippen LogP contribution in [0.1, 0.15) is 22.0 Å². The molecule has 0 fully saturated rings. The first-order valence-corrected chi connectivity index (χ1v) is 9.38. The number of hydrogen-bond acceptors (Lipinski definition) is 4. The molecular weight excluding hydrogens is 346 g/mol. The fourth-order valence-electron chi connectivity index (χ4n) is 3.10. The van der Waals surface area contributed by atoms with E-state index in [9.17, 15) is 4.79 Å². The molecule has 2 heterocycles. The predicted molar refractivity (Wildman–Crippen MR) is 105 cm³/mol. The summed E-state index contributed by atoms with van der Waals surface area (Å²) in [7, 11) is 1.68. The average Bonchev–Trinajstić information content (AvgIpc) is 3.18. The van der Waals surface area contributed by atoms with Crippen molar-refractivity contribution in [2.45, 2.75) is 33.2 Å². The highest BCUT2D eigenvalue weighted by molar-refractivity contribution is 7.10. The second-order valence-electron chi connectivity index (χ2n) is 6.30. The van der Waals surface area contributed by atoms with E-state index in [4.69, 9.17) is 10.5 Å². The van der Waals surface area contributed by atoms with Crippen molar-refractivity contribution in [1.82, 2.24) is 9.55 Å². The highest BCUT2D eigenvalue weighted by Gasteiger charge is 2.14. The van der Waals surface area contributed by atoms with Crippen LogP contribution in [0, 0.1) is 13.8 Å². The number of primary amides is 1. The van der Waals surface area contributed by atoms with Crippen molar-refractivity contribution in [3.05, 3.63) is 57.7 Å². The van der Waals surface area contributed by atoms with Gasteiger partial charge in [0.1, 0.15) is 10.8 Å². The smallest absolute Gasteiger partial charge is 0.224 e. The number of carbonyl (C=O) groups is 1. The first kappa shape index (κ1) is 18.2. The molecule has 0 spiro atoms. The molecular formula is C20H23N3O2S. The zero-order chi connectivity index (χ0) is 18.7. The zero-order valence-electron chi connectivity index (χ0n) is 15.3. The largest absolute Gasteiger partial charge is 0.497 e. The maximum atomic E-state index is 11.1. The maximum Gasteiger partial charge on any atom is 0.224 e. The quantitative estimate of drug-likeness (QED) is 0.693. The fraction of sp³-hybridized carbons (Fsp3) is 0.300. The van der Waals surface area contributed by atoms with Crippen LogP contribution in [0.2, 0.25) is 0 Å². The predicted octanol–water partition coefficient (Wildman–Crippen LogP) is 3.51. The molecule has 0 aliphatic heterocycles. The Morgan fingerprint density at radius 3 is 2.65 bits per heavy atom. The molecule has 0 radical (unpaired) electrons. The summed E-state index contributed by atoms with van der Waals surface area (Å²) in [6.45, 7) is 5.13. The Balaban J connectivity index is 1.76. The van der Waals surface area contributed by atoms with Crippen molar-refractivity contribution >= 4 is 17.2 Å². The van der Waals surface area contributed by atoms with Gasteiger partial charge in [0.15, 0.2) is 0 Å². The second kappa shape index (κ2) is 7.74. The highest BCUT2D eigenvalue weighted by atomic mass is 32.1. The van der Waals surface area contributed by atoms with Crippen molar-refractivity contribution in [2.75, 3.05) is 7.11 Å². The van der Waals surface area contributed by atoms with Gasteiger partial charge < -0.3 is 15.0 Å². The minimum atomic E-state index is -0.351. The first-order valence-electron chi connectivity index (χ1n) is 8.50. The van der Waals surface area contributed by atoms with Crippen LogP contribution in [0.3, 0.4) is 0 Å². The lowest BCUT2D eigenvalue weighted by Gasteiger charge is -2.10. The summed E-state index contributed by atoms with van der Waals surface area (Å²) in [5, 5.41) is 2.75. The number of rotatable bonds is 7. The van der Waals surface area contributed by atoms with Crippen molar-refractivity contribution in [3.8, 4) is 17.0 Å². The van der Waals surface area contributed by atoms with Gasteiger partial charge >= 0.3 is 0 Å². The molecule has 0 bridgehead atoms. The first-order chi connectivity index (χ1) is 12.5. The van der Waals surface area contributed by atoms with Crippen LogP contribution in [0.25, 0.3) is 11.3 Å². The topological polar surface area (TPSA) is 70.1 Å². The molecule has 136 valence electrons. The highest BCUT2D eigenvalue weighted by Crippen LogP contribution is 2.28. The molecule has 0 saturated heterocycles. The van der Waals surface area contributed by atoms with Gasteiger partial charge in [0.2, 0.25) is 5.91 Å². The standard InChI is InChI=1S/C20H23N3O2S/c1-13-10-17(18-12-26-20(22-18)11-19(21)24)14(2)23(13)9-8-15-4-6-16(25-3)7-5-15/h4-7,10,12H,8-9,11H2,1-3H3,(H2,21,24). The molecule has 0 aliphatic carbocycles. The van der Waals surface area contributed by atoms with Gasteiger partial charge in [-0.3, -0.25) is 4.79 Å². The molecule has 26 heavy (non-hydrogen) atoms. The number of carbonyl (C=O) groups excluding carboxylic acids is 1. The van der Waals surface area contributed by atoms with Gasteiger partial charge in [-0.25, -0.2) is 4.98 Å². The van der Waals surface area contributed by atoms with E-state index in [0.717, 1.165) is 35.0 Å². The van der Waals surface area contributed by atoms with E-state index in [0.29, 0.717) is 0 Å². The monoisotopic (exact) mass is 369 g/mol. The molecule has 0 atom stereocenters. The summed E-state index contributed by atoms with van der Waals surface area (Å²) in [6, 6.07) is 10.3. The molecule has 0 unspecified atom stereocenters. The maximum absolute atomic E-state index is 11.1. The average molecular weight is 369 g/mol. The number of aryl methyl sites for hydroxylation is 2. The molecule has 3 rings (SSSR count). The van der Waals surface area contributed by atoms with Crippen LogP contribution in [-0.2, 0) is 24.2 Å². The molecule has 6 heteroatoms. The number of amides is 1. The van der Waals surface area contributed by atoms with E-state index < -0.39 is 0 Å². The summed E-state index contributed by atoms with van der Waals surface area (Å²) in [4.78, 5) is 15.6. The van der Waals surface area contributed by atoms with Gasteiger partial charge in [-0.05, 0) is 44.0 Å². The zero-order valence-corrected chi connectivity index (χ0v) is 16.1. The number of benzene rings is 1. The van der Waals surface area contributed by atoms with Crippen molar-refractivity contribution < 1.29 is 9.53 Å². The normalized spacial score (nSPS) is 10.9. The van der Waals surface area contributed by atoms with E-state index in [1.807, 2.05) is 17.5 Å². The summed E-state index contributed by atoms with van der Waals surface area (Å²) < 4.78 is 7.52. The molecule has 2 N–H and O–H groups in total. The molecule has 3 aromatic rings. The Morgan fingerprint density at radius 2 is 2.00 bits per heavy atom. The Hall–Kier alpha value is -2.60. The number of thiazole rings is 1. The molecule has 1 aromatic carbocycles. The molecule has 2 aromatic heterocycles. The summed E-state index contributed by atoms with van der Waals surface area (Å²) >= 11 is 1.48. The number of nitrogens with two attached hydrogens (primary N) is 1. The van der Waals surface area contributed by atoms with Crippen LogP contribution in [0.15, 0.2) is 35.7 Å². The number of ether oxygens (including phenoxy) is 1. The molecule has 1 amide bonds. The van der Waals surface area contributed by atoms with E-state index in [1.54, 1.807) is 7.11 Å². The fourth-order valence-corrected chi connectivity index (χ4v) is 3.91. The third kappa shape index (κ3) is 3.96. The van der Waals surface area contributed by atoms with Crippen LogP contribution >= 0.6 is 11.3 Å². The lowest BCUT2D eigenvalue weighted by molar-refractivity contribution is -0.117. The molecule has 5 nitrogen and oxygen atoms in total. The van der Waals surface area contributed by atoms with E-state index in [-0.39, 0.29) is 12.3 Å². The molecule has 0 aliphatic rings. The number of aromatic nitrogens is 2. The van der Waals surface area contributed by atoms with Gasteiger partial charge in [0.05, 0.1) is 19.2 Å². The summed E-state index contributed by atoms with van der Waals surface area (Å²) in [5.41, 5.74) is 11.0. The SMILES string of the molecule is COc1ccc(CCn2c(C)cc(-c3csc(CC(N)=O)n3)c2C)cc1. The lowest BCUT2D eigenvalue weighted by Crippen LogP contribution is -2.13. The van der Waals surface area contributed by atoms with Gasteiger partial charge in [-0.2, -0.15) is 0 Å². The van der Waals surface area contributed by atoms with Gasteiger partial charge in [0, 0.05) is 28.9 Å². The Kier molecular flexibility index (Phi) is 5.42. The number of nitrogens with zero attached hydrogens (tertiary/aromatic N) is 2. The van der Waals surface area contributed by atoms with Crippen LogP contribution in [0.4, 0.5) is 0 Å². The van der Waals surface area contributed by atoms with Gasteiger partial charge in [0.25, 0.3) is 0 Å². The minimum Gasteiger partial charge on any atom is -0.497 e. The summed E-state index contributed by atoms with van der Waals surface area (Å²) in [6.07, 6.45) is 1.14. The number of hydrogen-bond donors (Lipinski definition) is 1. The Labute approximate surface area is 157 Å². The summed E-state index contributed by atoms with van der Waals surface area (Å²) in [5.74, 6) is 0.524. The minimum absolute atomic E-state index is 0.195. The third-order valence-electron chi connectivity index (χ3n) is 4.51. The van der Waals surface area contributed by atoms with Crippen LogP contribution in [0.5, 0.6) is 5.75 Å². The third-order valence-corrected chi connectivity index (χ3v) is 5.36. The van der Waals surface area contributed by atoms with Gasteiger partial charge in [-0.15, -0.1) is 11.3 Å². The van der Waals surface area contributed by atoms with Crippen LogP contribution in [-0.4, -0.2) is 22.6 Å². The van der Waals surface area contributed by atoms with E-state index in [1.165, 1.54) is 28.3 Å². The van der Waals surface area contributed by atoms with E-state index in [2.05, 4.69) is 41.6 Å². The van der Waals surface area contributed by atoms with E-state index >= 15 is 0 Å². The van der Waals surface area contributed by atoms with Crippen molar-refractivity contribution in [1.29, 1.82) is 0 Å².